The molecule has 0 amide bonds. The third-order valence-electron chi connectivity index (χ3n) is 2.48. The van der Waals surface area contributed by atoms with Gasteiger partial charge in [-0.2, -0.15) is 5.26 Å². The van der Waals surface area contributed by atoms with Crippen molar-refractivity contribution in [1.82, 2.24) is 4.57 Å². The zero-order valence-electron chi connectivity index (χ0n) is 9.87. The van der Waals surface area contributed by atoms with Crippen LogP contribution in [0.3, 0.4) is 0 Å². The van der Waals surface area contributed by atoms with Gasteiger partial charge in [0.1, 0.15) is 11.8 Å². The lowest BCUT2D eigenvalue weighted by atomic mass is 10.2. The number of pyridine rings is 1. The molecule has 0 spiro atoms. The van der Waals surface area contributed by atoms with Crippen LogP contribution < -0.4 is 10.9 Å². The summed E-state index contributed by atoms with van der Waals surface area (Å²) in [6.07, 6.45) is 1.52. The molecule has 0 bridgehead atoms. The average Bonchev–Trinajstić information content (AvgIpc) is 2.37. The van der Waals surface area contributed by atoms with Gasteiger partial charge in [0.25, 0.3) is 5.56 Å². The first-order valence-corrected chi connectivity index (χ1v) is 6.43. The van der Waals surface area contributed by atoms with Crippen LogP contribution in [-0.2, 0) is 7.05 Å². The lowest BCUT2D eigenvalue weighted by molar-refractivity contribution is 0.863. The van der Waals surface area contributed by atoms with Crippen molar-refractivity contribution in [3.05, 3.63) is 55.9 Å². The van der Waals surface area contributed by atoms with E-state index in [2.05, 4.69) is 33.4 Å². The summed E-state index contributed by atoms with van der Waals surface area (Å²) in [5, 5.41) is 12.4. The molecular formula is C13H8BrClN3O. The lowest BCUT2D eigenvalue weighted by Gasteiger charge is -2.11. The molecule has 1 aromatic heterocycles. The van der Waals surface area contributed by atoms with Crippen molar-refractivity contribution in [1.29, 1.82) is 5.26 Å². The molecule has 0 aliphatic rings. The van der Waals surface area contributed by atoms with Gasteiger partial charge in [-0.15, -0.1) is 0 Å². The molecule has 1 heterocycles. The van der Waals surface area contributed by atoms with E-state index in [1.165, 1.54) is 16.8 Å². The highest BCUT2D eigenvalue weighted by atomic mass is 79.9. The summed E-state index contributed by atoms with van der Waals surface area (Å²) < 4.78 is 1.95. The van der Waals surface area contributed by atoms with Crippen molar-refractivity contribution in [2.24, 2.45) is 7.05 Å². The van der Waals surface area contributed by atoms with Gasteiger partial charge < -0.3 is 9.88 Å². The second-order valence-electron chi connectivity index (χ2n) is 3.81. The summed E-state index contributed by atoms with van der Waals surface area (Å²) in [6.45, 7) is 0. The maximum absolute atomic E-state index is 12.0. The number of rotatable bonds is 2. The summed E-state index contributed by atoms with van der Waals surface area (Å²) in [5.41, 5.74) is 0.966. The number of benzene rings is 1. The molecule has 95 valence electrons. The molecule has 0 saturated carbocycles. The molecule has 19 heavy (non-hydrogen) atoms. The SMILES string of the molecule is Cn1cc(Cl)cc(Nc2c(Br)[c]ccc2C#N)c1=O. The summed E-state index contributed by atoms with van der Waals surface area (Å²) >= 11 is 9.21. The molecule has 2 rings (SSSR count). The number of nitrogens with one attached hydrogen (secondary N) is 1. The van der Waals surface area contributed by atoms with Gasteiger partial charge >= 0.3 is 0 Å². The van der Waals surface area contributed by atoms with Crippen molar-refractivity contribution >= 4 is 38.9 Å². The normalized spacial score (nSPS) is 10.0. The Labute approximate surface area is 123 Å². The predicted molar refractivity (Wildman–Crippen MR) is 77.7 cm³/mol. The van der Waals surface area contributed by atoms with E-state index in [1.54, 1.807) is 19.2 Å². The molecule has 0 atom stereocenters. The second kappa shape index (κ2) is 5.47. The maximum atomic E-state index is 12.0. The van der Waals surface area contributed by atoms with E-state index in [0.717, 1.165) is 0 Å². The topological polar surface area (TPSA) is 57.8 Å². The lowest BCUT2D eigenvalue weighted by Crippen LogP contribution is -2.19. The third kappa shape index (κ3) is 2.80. The Hall–Kier alpha value is -1.77. The van der Waals surface area contributed by atoms with Crippen LogP contribution in [0.2, 0.25) is 5.02 Å². The molecule has 0 aliphatic carbocycles. The van der Waals surface area contributed by atoms with Crippen LogP contribution in [0.25, 0.3) is 0 Å². The molecular weight excluding hydrogens is 330 g/mol. The number of nitriles is 1. The van der Waals surface area contributed by atoms with E-state index in [-0.39, 0.29) is 5.56 Å². The highest BCUT2D eigenvalue weighted by Gasteiger charge is 2.10. The summed E-state index contributed by atoms with van der Waals surface area (Å²) in [4.78, 5) is 12.0. The Balaban J connectivity index is 2.54. The van der Waals surface area contributed by atoms with Gasteiger partial charge in [-0.25, -0.2) is 0 Å². The fraction of sp³-hybridized carbons (Fsp3) is 0.0769. The summed E-state index contributed by atoms with van der Waals surface area (Å²) in [7, 11) is 1.61. The van der Waals surface area contributed by atoms with Crippen LogP contribution in [-0.4, -0.2) is 4.57 Å². The van der Waals surface area contributed by atoms with Crippen LogP contribution >= 0.6 is 27.5 Å². The summed E-state index contributed by atoms with van der Waals surface area (Å²) in [6, 6.07) is 9.72. The summed E-state index contributed by atoms with van der Waals surface area (Å²) in [5.74, 6) is 0. The van der Waals surface area contributed by atoms with Crippen molar-refractivity contribution in [2.45, 2.75) is 0 Å². The Morgan fingerprint density at radius 1 is 1.58 bits per heavy atom. The van der Waals surface area contributed by atoms with Gasteiger partial charge in [-0.3, -0.25) is 4.79 Å². The van der Waals surface area contributed by atoms with Gasteiger partial charge in [0.05, 0.1) is 20.7 Å². The fourth-order valence-electron chi connectivity index (χ4n) is 1.58. The number of aromatic nitrogens is 1. The number of nitrogens with zero attached hydrogens (tertiary/aromatic N) is 2. The van der Waals surface area contributed by atoms with Gasteiger partial charge in [0, 0.05) is 13.2 Å². The molecule has 6 heteroatoms. The van der Waals surface area contributed by atoms with Crippen molar-refractivity contribution in [3.8, 4) is 6.07 Å². The molecule has 4 nitrogen and oxygen atoms in total. The van der Waals surface area contributed by atoms with Crippen LogP contribution in [0.5, 0.6) is 0 Å². The quantitative estimate of drug-likeness (QED) is 0.915. The molecule has 0 unspecified atom stereocenters. The van der Waals surface area contributed by atoms with E-state index in [1.807, 2.05) is 0 Å². The van der Waals surface area contributed by atoms with Gasteiger partial charge in [-0.05, 0) is 34.1 Å². The van der Waals surface area contributed by atoms with E-state index >= 15 is 0 Å². The molecule has 0 saturated heterocycles. The third-order valence-corrected chi connectivity index (χ3v) is 3.31. The number of anilines is 2. The smallest absolute Gasteiger partial charge is 0.274 e. The van der Waals surface area contributed by atoms with Gasteiger partial charge in [-0.1, -0.05) is 17.7 Å². The monoisotopic (exact) mass is 336 g/mol. The van der Waals surface area contributed by atoms with E-state index in [0.29, 0.717) is 26.4 Å². The number of halogens is 2. The fourth-order valence-corrected chi connectivity index (χ4v) is 2.28. The van der Waals surface area contributed by atoms with Crippen molar-refractivity contribution < 1.29 is 0 Å². The average molecular weight is 338 g/mol. The highest BCUT2D eigenvalue weighted by molar-refractivity contribution is 9.10. The Kier molecular flexibility index (Phi) is 3.93. The first kappa shape index (κ1) is 13.7. The van der Waals surface area contributed by atoms with Gasteiger partial charge in [0.15, 0.2) is 0 Å². The maximum Gasteiger partial charge on any atom is 0.274 e. The first-order valence-electron chi connectivity index (χ1n) is 5.26. The molecule has 0 aliphatic heterocycles. The Morgan fingerprint density at radius 3 is 3.00 bits per heavy atom. The largest absolute Gasteiger partial charge is 0.349 e. The second-order valence-corrected chi connectivity index (χ2v) is 5.03. The van der Waals surface area contributed by atoms with Crippen LogP contribution in [0.15, 0.2) is 33.7 Å². The minimum atomic E-state index is -0.232. The standard InChI is InChI=1S/C13H8BrClN3O/c1-18-7-9(15)5-11(13(18)19)17-12-8(6-16)3-2-4-10(12)14/h2-3,5,7,17H,1H3. The molecule has 1 radical (unpaired) electrons. The molecule has 1 aromatic carbocycles. The van der Waals surface area contributed by atoms with Crippen LogP contribution in [0, 0.1) is 17.4 Å². The number of aryl methyl sites for hydroxylation is 1. The highest BCUT2D eigenvalue weighted by Crippen LogP contribution is 2.28. The predicted octanol–water partition coefficient (Wildman–Crippen LogP) is 3.22. The molecule has 0 fully saturated rings. The first-order chi connectivity index (χ1) is 9.02. The van der Waals surface area contributed by atoms with Gasteiger partial charge in [0.2, 0.25) is 0 Å². The van der Waals surface area contributed by atoms with E-state index < -0.39 is 0 Å². The minimum absolute atomic E-state index is 0.232. The minimum Gasteiger partial charge on any atom is -0.349 e. The molecule has 2 aromatic rings. The van der Waals surface area contributed by atoms with Crippen LogP contribution in [0.1, 0.15) is 5.56 Å². The Bertz CT molecular complexity index is 734. The Morgan fingerprint density at radius 2 is 2.32 bits per heavy atom. The van der Waals surface area contributed by atoms with E-state index in [4.69, 9.17) is 16.9 Å². The molecule has 1 N–H and O–H groups in total. The number of hydrogen-bond acceptors (Lipinski definition) is 3. The van der Waals surface area contributed by atoms with E-state index in [9.17, 15) is 4.79 Å². The zero-order valence-corrected chi connectivity index (χ0v) is 12.2. The number of hydrogen-bond donors (Lipinski definition) is 1. The zero-order chi connectivity index (χ0) is 14.0. The van der Waals surface area contributed by atoms with Crippen LogP contribution in [0.4, 0.5) is 11.4 Å². The van der Waals surface area contributed by atoms with Crippen molar-refractivity contribution in [2.75, 3.05) is 5.32 Å². The van der Waals surface area contributed by atoms with Crippen molar-refractivity contribution in [3.63, 3.8) is 0 Å².